The summed E-state index contributed by atoms with van der Waals surface area (Å²) < 4.78 is 0. The first-order chi connectivity index (χ1) is 8.39. The number of aromatic nitrogens is 1. The molecule has 1 aromatic rings. The largest absolute Gasteiger partial charge is 0.390 e. The van der Waals surface area contributed by atoms with E-state index in [1.165, 1.54) is 0 Å². The normalized spacial score (nSPS) is 20.2. The molecule has 0 spiro atoms. The SMILES string of the molecule is Cc1cnccc1C(=O)N1CC[C@@H](C(C)(C)O)C1. The average Bonchev–Trinajstić information content (AvgIpc) is 2.77. The molecule has 0 saturated carbocycles. The zero-order chi connectivity index (χ0) is 13.3. The third-order valence-electron chi connectivity index (χ3n) is 3.73. The van der Waals surface area contributed by atoms with Crippen LogP contribution in [0, 0.1) is 12.8 Å². The van der Waals surface area contributed by atoms with E-state index in [9.17, 15) is 9.90 Å². The number of hydrogen-bond donors (Lipinski definition) is 1. The lowest BCUT2D eigenvalue weighted by atomic mass is 9.90. The Hall–Kier alpha value is -1.42. The van der Waals surface area contributed by atoms with Gasteiger partial charge in [0, 0.05) is 37.0 Å². The molecule has 1 saturated heterocycles. The molecule has 1 aliphatic rings. The summed E-state index contributed by atoms with van der Waals surface area (Å²) in [5.74, 6) is 0.199. The summed E-state index contributed by atoms with van der Waals surface area (Å²) in [4.78, 5) is 18.2. The van der Waals surface area contributed by atoms with Gasteiger partial charge in [-0.3, -0.25) is 9.78 Å². The molecule has 1 aromatic heterocycles. The van der Waals surface area contributed by atoms with Gasteiger partial charge in [0.1, 0.15) is 0 Å². The van der Waals surface area contributed by atoms with Gasteiger partial charge in [-0.1, -0.05) is 0 Å². The standard InChI is InChI=1S/C14H20N2O2/c1-10-8-15-6-4-12(10)13(17)16-7-5-11(9-16)14(2,3)18/h4,6,8,11,18H,5,7,9H2,1-3H3/t11-/m1/s1. The van der Waals surface area contributed by atoms with Gasteiger partial charge in [-0.25, -0.2) is 0 Å². The number of nitrogens with zero attached hydrogens (tertiary/aromatic N) is 2. The fourth-order valence-corrected chi connectivity index (χ4v) is 2.41. The molecule has 1 N–H and O–H groups in total. The summed E-state index contributed by atoms with van der Waals surface area (Å²) in [6.07, 6.45) is 4.21. The Bertz CT molecular complexity index is 451. The van der Waals surface area contributed by atoms with Crippen molar-refractivity contribution in [2.45, 2.75) is 32.8 Å². The smallest absolute Gasteiger partial charge is 0.254 e. The van der Waals surface area contributed by atoms with E-state index in [0.29, 0.717) is 12.1 Å². The Morgan fingerprint density at radius 2 is 2.28 bits per heavy atom. The van der Waals surface area contributed by atoms with Gasteiger partial charge in [-0.2, -0.15) is 0 Å². The topological polar surface area (TPSA) is 53.4 Å². The summed E-state index contributed by atoms with van der Waals surface area (Å²) in [6.45, 7) is 6.86. The predicted octanol–water partition coefficient (Wildman–Crippen LogP) is 1.62. The van der Waals surface area contributed by atoms with Crippen LogP contribution in [0.3, 0.4) is 0 Å². The summed E-state index contributed by atoms with van der Waals surface area (Å²) in [6, 6.07) is 1.76. The average molecular weight is 248 g/mol. The number of rotatable bonds is 2. The predicted molar refractivity (Wildman–Crippen MR) is 69.3 cm³/mol. The van der Waals surface area contributed by atoms with Gasteiger partial charge < -0.3 is 10.0 Å². The number of carbonyl (C=O) groups is 1. The van der Waals surface area contributed by atoms with Crippen LogP contribution in [0.15, 0.2) is 18.5 Å². The number of hydrogen-bond acceptors (Lipinski definition) is 3. The van der Waals surface area contributed by atoms with Crippen molar-refractivity contribution in [3.63, 3.8) is 0 Å². The van der Waals surface area contributed by atoms with Gasteiger partial charge in [0.25, 0.3) is 5.91 Å². The van der Waals surface area contributed by atoms with Gasteiger partial charge >= 0.3 is 0 Å². The molecule has 98 valence electrons. The first-order valence-corrected chi connectivity index (χ1v) is 6.32. The Kier molecular flexibility index (Phi) is 3.39. The molecule has 0 bridgehead atoms. The first-order valence-electron chi connectivity index (χ1n) is 6.32. The molecule has 4 nitrogen and oxygen atoms in total. The fourth-order valence-electron chi connectivity index (χ4n) is 2.41. The quantitative estimate of drug-likeness (QED) is 0.865. The number of likely N-dealkylation sites (tertiary alicyclic amines) is 1. The molecule has 18 heavy (non-hydrogen) atoms. The van der Waals surface area contributed by atoms with E-state index < -0.39 is 5.60 Å². The third-order valence-corrected chi connectivity index (χ3v) is 3.73. The second-order valence-electron chi connectivity index (χ2n) is 5.58. The Morgan fingerprint density at radius 3 is 2.83 bits per heavy atom. The number of carbonyl (C=O) groups excluding carboxylic acids is 1. The molecular weight excluding hydrogens is 228 g/mol. The molecule has 2 rings (SSSR count). The molecule has 1 fully saturated rings. The molecule has 0 radical (unpaired) electrons. The van der Waals surface area contributed by atoms with Crippen molar-refractivity contribution in [2.75, 3.05) is 13.1 Å². The Morgan fingerprint density at radius 1 is 1.56 bits per heavy atom. The van der Waals surface area contributed by atoms with Gasteiger partial charge in [-0.05, 0) is 38.8 Å². The van der Waals surface area contributed by atoms with E-state index in [1.54, 1.807) is 18.5 Å². The molecule has 2 heterocycles. The number of aryl methyl sites for hydroxylation is 1. The van der Waals surface area contributed by atoms with E-state index >= 15 is 0 Å². The van der Waals surface area contributed by atoms with Gasteiger partial charge in [0.15, 0.2) is 0 Å². The van der Waals surface area contributed by atoms with Gasteiger partial charge in [0.05, 0.1) is 5.60 Å². The fraction of sp³-hybridized carbons (Fsp3) is 0.571. The van der Waals surface area contributed by atoms with Gasteiger partial charge in [0.2, 0.25) is 0 Å². The van der Waals surface area contributed by atoms with Crippen LogP contribution in [0.1, 0.15) is 36.2 Å². The summed E-state index contributed by atoms with van der Waals surface area (Å²) in [5, 5.41) is 9.99. The van der Waals surface area contributed by atoms with Crippen LogP contribution >= 0.6 is 0 Å². The van der Waals surface area contributed by atoms with Crippen molar-refractivity contribution in [3.05, 3.63) is 29.6 Å². The lowest BCUT2D eigenvalue weighted by Crippen LogP contribution is -2.35. The Labute approximate surface area is 108 Å². The van der Waals surface area contributed by atoms with Crippen LogP contribution in [0.2, 0.25) is 0 Å². The van der Waals surface area contributed by atoms with Crippen molar-refractivity contribution in [3.8, 4) is 0 Å². The lowest BCUT2D eigenvalue weighted by molar-refractivity contribution is 0.0211. The minimum Gasteiger partial charge on any atom is -0.390 e. The molecule has 1 atom stereocenters. The zero-order valence-corrected chi connectivity index (χ0v) is 11.2. The van der Waals surface area contributed by atoms with Crippen LogP contribution in [0.4, 0.5) is 0 Å². The van der Waals surface area contributed by atoms with Crippen molar-refractivity contribution in [1.82, 2.24) is 9.88 Å². The maximum atomic E-state index is 12.4. The van der Waals surface area contributed by atoms with Crippen molar-refractivity contribution < 1.29 is 9.90 Å². The highest BCUT2D eigenvalue weighted by Gasteiger charge is 2.35. The summed E-state index contributed by atoms with van der Waals surface area (Å²) in [7, 11) is 0. The molecule has 0 unspecified atom stereocenters. The monoisotopic (exact) mass is 248 g/mol. The van der Waals surface area contributed by atoms with E-state index in [4.69, 9.17) is 0 Å². The summed E-state index contributed by atoms with van der Waals surface area (Å²) in [5.41, 5.74) is 0.887. The highest BCUT2D eigenvalue weighted by atomic mass is 16.3. The molecule has 0 aliphatic carbocycles. The highest BCUT2D eigenvalue weighted by Crippen LogP contribution is 2.28. The molecule has 4 heteroatoms. The number of aliphatic hydroxyl groups is 1. The highest BCUT2D eigenvalue weighted by molar-refractivity contribution is 5.95. The molecule has 1 aliphatic heterocycles. The summed E-state index contributed by atoms with van der Waals surface area (Å²) >= 11 is 0. The number of pyridine rings is 1. The maximum absolute atomic E-state index is 12.4. The van der Waals surface area contributed by atoms with Crippen molar-refractivity contribution >= 4 is 5.91 Å². The second-order valence-corrected chi connectivity index (χ2v) is 5.58. The zero-order valence-electron chi connectivity index (χ0n) is 11.2. The van der Waals surface area contributed by atoms with Crippen molar-refractivity contribution in [2.24, 2.45) is 5.92 Å². The number of amides is 1. The minimum atomic E-state index is -0.720. The van der Waals surface area contributed by atoms with Crippen molar-refractivity contribution in [1.29, 1.82) is 0 Å². The maximum Gasteiger partial charge on any atom is 0.254 e. The van der Waals surface area contributed by atoms with E-state index in [-0.39, 0.29) is 11.8 Å². The van der Waals surface area contributed by atoms with Crippen LogP contribution < -0.4 is 0 Å². The van der Waals surface area contributed by atoms with Crippen LogP contribution in [-0.4, -0.2) is 39.6 Å². The second kappa shape index (κ2) is 4.69. The van der Waals surface area contributed by atoms with E-state index in [0.717, 1.165) is 18.5 Å². The van der Waals surface area contributed by atoms with Crippen LogP contribution in [-0.2, 0) is 0 Å². The third kappa shape index (κ3) is 2.53. The van der Waals surface area contributed by atoms with E-state index in [2.05, 4.69) is 4.98 Å². The van der Waals surface area contributed by atoms with Crippen LogP contribution in [0.25, 0.3) is 0 Å². The Balaban J connectivity index is 2.11. The van der Waals surface area contributed by atoms with Crippen LogP contribution in [0.5, 0.6) is 0 Å². The van der Waals surface area contributed by atoms with E-state index in [1.807, 2.05) is 25.7 Å². The minimum absolute atomic E-state index is 0.0432. The van der Waals surface area contributed by atoms with Gasteiger partial charge in [-0.15, -0.1) is 0 Å². The molecular formula is C14H20N2O2. The lowest BCUT2D eigenvalue weighted by Gasteiger charge is -2.25. The molecule has 0 aromatic carbocycles. The molecule has 1 amide bonds. The first kappa shape index (κ1) is 13.0.